The zero-order valence-electron chi connectivity index (χ0n) is 14.3. The number of nitrogens with zero attached hydrogens (tertiary/aromatic N) is 1. The number of benzene rings is 2. The van der Waals surface area contributed by atoms with Crippen LogP contribution in [-0.4, -0.2) is 44.7 Å². The molecule has 1 amide bonds. The minimum absolute atomic E-state index is 0.0858. The van der Waals surface area contributed by atoms with Gasteiger partial charge in [-0.2, -0.15) is 0 Å². The monoisotopic (exact) mass is 329 g/mol. The van der Waals surface area contributed by atoms with Crippen LogP contribution in [0.3, 0.4) is 0 Å². The van der Waals surface area contributed by atoms with Gasteiger partial charge in [-0.25, -0.2) is 0 Å². The first-order valence-corrected chi connectivity index (χ1v) is 7.89. The normalized spacial score (nSPS) is 10.1. The van der Waals surface area contributed by atoms with Gasteiger partial charge >= 0.3 is 0 Å². The van der Waals surface area contributed by atoms with Gasteiger partial charge in [0.25, 0.3) is 5.91 Å². The third-order valence-corrected chi connectivity index (χ3v) is 3.52. The Kier molecular flexibility index (Phi) is 6.49. The molecule has 2 aromatic carbocycles. The lowest BCUT2D eigenvalue weighted by Gasteiger charge is -2.19. The van der Waals surface area contributed by atoms with Crippen molar-refractivity contribution in [3.05, 3.63) is 54.1 Å². The van der Waals surface area contributed by atoms with Crippen LogP contribution in [0, 0.1) is 0 Å². The Morgan fingerprint density at radius 3 is 2.33 bits per heavy atom. The summed E-state index contributed by atoms with van der Waals surface area (Å²) < 4.78 is 16.3. The molecule has 0 heterocycles. The van der Waals surface area contributed by atoms with E-state index in [4.69, 9.17) is 14.2 Å². The number of methoxy groups -OCH3 is 1. The second kappa shape index (κ2) is 8.82. The predicted octanol–water partition coefficient (Wildman–Crippen LogP) is 3.24. The van der Waals surface area contributed by atoms with Gasteiger partial charge in [-0.05, 0) is 43.3 Å². The van der Waals surface area contributed by atoms with Crippen molar-refractivity contribution < 1.29 is 19.0 Å². The highest BCUT2D eigenvalue weighted by molar-refractivity contribution is 5.96. The van der Waals surface area contributed by atoms with Crippen molar-refractivity contribution in [3.8, 4) is 17.2 Å². The molecule has 2 rings (SSSR count). The predicted molar refractivity (Wildman–Crippen MR) is 93.1 cm³/mol. The fraction of sp³-hybridized carbons (Fsp3) is 0.316. The number of para-hydroxylation sites is 1. The number of likely N-dealkylation sites (N-methyl/N-ethyl adjacent to an activating group) is 1. The SMILES string of the molecule is CCOc1ccccc1C(=O)N(C)CCOc1ccc(OC)cc1. The van der Waals surface area contributed by atoms with Gasteiger partial charge in [0, 0.05) is 7.05 Å². The first-order chi connectivity index (χ1) is 11.7. The molecule has 0 spiro atoms. The van der Waals surface area contributed by atoms with Crippen LogP contribution < -0.4 is 14.2 Å². The van der Waals surface area contributed by atoms with Crippen LogP contribution in [0.25, 0.3) is 0 Å². The quantitative estimate of drug-likeness (QED) is 0.746. The van der Waals surface area contributed by atoms with E-state index >= 15 is 0 Å². The Morgan fingerprint density at radius 2 is 1.67 bits per heavy atom. The Bertz CT molecular complexity index is 655. The summed E-state index contributed by atoms with van der Waals surface area (Å²) in [6.07, 6.45) is 0. The topological polar surface area (TPSA) is 48.0 Å². The van der Waals surface area contributed by atoms with Crippen LogP contribution in [0.4, 0.5) is 0 Å². The van der Waals surface area contributed by atoms with E-state index in [1.54, 1.807) is 31.2 Å². The maximum absolute atomic E-state index is 12.5. The van der Waals surface area contributed by atoms with Crippen molar-refractivity contribution in [1.82, 2.24) is 4.90 Å². The van der Waals surface area contributed by atoms with Gasteiger partial charge in [0.2, 0.25) is 0 Å². The minimum atomic E-state index is -0.0858. The summed E-state index contributed by atoms with van der Waals surface area (Å²) in [5, 5.41) is 0. The molecule has 5 nitrogen and oxygen atoms in total. The Balaban J connectivity index is 1.89. The molecule has 0 saturated carbocycles. The number of ether oxygens (including phenoxy) is 3. The average molecular weight is 329 g/mol. The van der Waals surface area contributed by atoms with E-state index in [-0.39, 0.29) is 5.91 Å². The van der Waals surface area contributed by atoms with E-state index in [2.05, 4.69) is 0 Å². The molecule has 0 aliphatic rings. The van der Waals surface area contributed by atoms with Gasteiger partial charge in [-0.3, -0.25) is 4.79 Å². The third-order valence-electron chi connectivity index (χ3n) is 3.52. The molecule has 0 radical (unpaired) electrons. The van der Waals surface area contributed by atoms with Crippen molar-refractivity contribution >= 4 is 5.91 Å². The summed E-state index contributed by atoms with van der Waals surface area (Å²) in [7, 11) is 3.37. The molecule has 0 aliphatic carbocycles. The molecular weight excluding hydrogens is 306 g/mol. The third kappa shape index (κ3) is 4.65. The van der Waals surface area contributed by atoms with E-state index < -0.39 is 0 Å². The van der Waals surface area contributed by atoms with Crippen molar-refractivity contribution in [2.24, 2.45) is 0 Å². The molecule has 0 N–H and O–H groups in total. The number of hydrogen-bond acceptors (Lipinski definition) is 4. The minimum Gasteiger partial charge on any atom is -0.497 e. The van der Waals surface area contributed by atoms with E-state index in [9.17, 15) is 4.79 Å². The molecule has 0 aliphatic heterocycles. The molecule has 0 aromatic heterocycles. The molecule has 128 valence electrons. The average Bonchev–Trinajstić information content (AvgIpc) is 2.62. The van der Waals surface area contributed by atoms with Crippen LogP contribution in [0.2, 0.25) is 0 Å². The van der Waals surface area contributed by atoms with E-state index in [1.165, 1.54) is 0 Å². The smallest absolute Gasteiger partial charge is 0.257 e. The molecule has 0 bridgehead atoms. The highest BCUT2D eigenvalue weighted by atomic mass is 16.5. The van der Waals surface area contributed by atoms with Crippen LogP contribution >= 0.6 is 0 Å². The summed E-state index contributed by atoms with van der Waals surface area (Å²) in [4.78, 5) is 14.2. The lowest BCUT2D eigenvalue weighted by Crippen LogP contribution is -2.31. The zero-order valence-corrected chi connectivity index (χ0v) is 14.3. The van der Waals surface area contributed by atoms with Crippen LogP contribution in [-0.2, 0) is 0 Å². The Morgan fingerprint density at radius 1 is 1.00 bits per heavy atom. The highest BCUT2D eigenvalue weighted by Gasteiger charge is 2.16. The fourth-order valence-electron chi connectivity index (χ4n) is 2.20. The van der Waals surface area contributed by atoms with Gasteiger partial charge in [-0.15, -0.1) is 0 Å². The van der Waals surface area contributed by atoms with Crippen molar-refractivity contribution in [2.45, 2.75) is 6.92 Å². The van der Waals surface area contributed by atoms with Crippen molar-refractivity contribution in [2.75, 3.05) is 33.9 Å². The lowest BCUT2D eigenvalue weighted by molar-refractivity contribution is 0.0769. The molecule has 0 unspecified atom stereocenters. The van der Waals surface area contributed by atoms with Gasteiger partial charge in [0.05, 0.1) is 25.8 Å². The molecular formula is C19H23NO4. The maximum atomic E-state index is 12.5. The Hall–Kier alpha value is -2.69. The van der Waals surface area contributed by atoms with Gasteiger partial charge < -0.3 is 19.1 Å². The van der Waals surface area contributed by atoms with Crippen molar-refractivity contribution in [1.29, 1.82) is 0 Å². The summed E-state index contributed by atoms with van der Waals surface area (Å²) >= 11 is 0. The largest absolute Gasteiger partial charge is 0.497 e. The molecule has 5 heteroatoms. The van der Waals surface area contributed by atoms with Crippen LogP contribution in [0.1, 0.15) is 17.3 Å². The summed E-state index contributed by atoms with van der Waals surface area (Å²) in [6, 6.07) is 14.6. The van der Waals surface area contributed by atoms with Crippen LogP contribution in [0.15, 0.2) is 48.5 Å². The second-order valence-electron chi connectivity index (χ2n) is 5.18. The molecule has 2 aromatic rings. The lowest BCUT2D eigenvalue weighted by atomic mass is 10.2. The number of carbonyl (C=O) groups excluding carboxylic acids is 1. The number of carbonyl (C=O) groups is 1. The summed E-state index contributed by atoms with van der Waals surface area (Å²) in [5.74, 6) is 2.04. The maximum Gasteiger partial charge on any atom is 0.257 e. The summed E-state index contributed by atoms with van der Waals surface area (Å²) in [6.45, 7) is 3.30. The highest BCUT2D eigenvalue weighted by Crippen LogP contribution is 2.20. The number of hydrogen-bond donors (Lipinski definition) is 0. The molecule has 0 atom stereocenters. The van der Waals surface area contributed by atoms with Gasteiger partial charge in [-0.1, -0.05) is 12.1 Å². The number of amides is 1. The van der Waals surface area contributed by atoms with Gasteiger partial charge in [0.1, 0.15) is 23.9 Å². The van der Waals surface area contributed by atoms with Gasteiger partial charge in [0.15, 0.2) is 0 Å². The van der Waals surface area contributed by atoms with Crippen LogP contribution in [0.5, 0.6) is 17.2 Å². The zero-order chi connectivity index (χ0) is 17.4. The van der Waals surface area contributed by atoms with E-state index in [1.807, 2.05) is 43.3 Å². The van der Waals surface area contributed by atoms with E-state index in [0.717, 1.165) is 11.5 Å². The first kappa shape index (κ1) is 17.7. The molecule has 0 fully saturated rings. The van der Waals surface area contributed by atoms with Crippen molar-refractivity contribution in [3.63, 3.8) is 0 Å². The standard InChI is InChI=1S/C19H23NO4/c1-4-23-18-8-6-5-7-17(18)19(21)20(2)13-14-24-16-11-9-15(22-3)10-12-16/h5-12H,4,13-14H2,1-3H3. The number of rotatable bonds is 8. The molecule has 0 saturated heterocycles. The first-order valence-electron chi connectivity index (χ1n) is 7.89. The summed E-state index contributed by atoms with van der Waals surface area (Å²) in [5.41, 5.74) is 0.561. The second-order valence-corrected chi connectivity index (χ2v) is 5.18. The Labute approximate surface area is 142 Å². The molecule has 24 heavy (non-hydrogen) atoms. The fourth-order valence-corrected chi connectivity index (χ4v) is 2.20. The van der Waals surface area contributed by atoms with E-state index in [0.29, 0.717) is 31.1 Å².